The normalized spacial score (nSPS) is 14.1. The molecule has 8 nitrogen and oxygen atoms in total. The standard InChI is InChI=1S/C25H32N6O2S/c1-6-23(32)27-17-7-9-19(10-8-17)34-24-29-21(28-20-11-16(2)13-26-20)12-22(30-24)31-14-18(15-31)33-25(3,4)5/h7-13,18,26H,6,14-15H2,1-5H3,(H,27,32)(H,28,29,30). The lowest BCUT2D eigenvalue weighted by Gasteiger charge is -2.42. The highest BCUT2D eigenvalue weighted by atomic mass is 32.2. The van der Waals surface area contributed by atoms with E-state index < -0.39 is 0 Å². The number of amides is 1. The Morgan fingerprint density at radius 3 is 2.56 bits per heavy atom. The number of aromatic nitrogens is 3. The van der Waals surface area contributed by atoms with Crippen molar-refractivity contribution in [3.8, 4) is 0 Å². The topological polar surface area (TPSA) is 95.2 Å². The lowest BCUT2D eigenvalue weighted by atomic mass is 10.1. The average molecular weight is 481 g/mol. The molecule has 0 atom stereocenters. The maximum Gasteiger partial charge on any atom is 0.224 e. The maximum absolute atomic E-state index is 11.6. The minimum absolute atomic E-state index is 0.00463. The highest BCUT2D eigenvalue weighted by Crippen LogP contribution is 2.32. The molecule has 4 rings (SSSR count). The van der Waals surface area contributed by atoms with Crippen molar-refractivity contribution in [1.29, 1.82) is 0 Å². The molecule has 0 spiro atoms. The molecule has 1 aliphatic heterocycles. The van der Waals surface area contributed by atoms with E-state index in [4.69, 9.17) is 14.7 Å². The summed E-state index contributed by atoms with van der Waals surface area (Å²) in [6.07, 6.45) is 2.59. The van der Waals surface area contributed by atoms with Gasteiger partial charge in [0.15, 0.2) is 5.16 Å². The third-order valence-electron chi connectivity index (χ3n) is 5.14. The van der Waals surface area contributed by atoms with Crippen LogP contribution in [0, 0.1) is 6.92 Å². The highest BCUT2D eigenvalue weighted by molar-refractivity contribution is 7.99. The predicted molar refractivity (Wildman–Crippen MR) is 137 cm³/mol. The zero-order valence-electron chi connectivity index (χ0n) is 20.3. The van der Waals surface area contributed by atoms with Crippen molar-refractivity contribution in [1.82, 2.24) is 15.0 Å². The molecule has 3 aromatic rings. The van der Waals surface area contributed by atoms with Crippen molar-refractivity contribution in [3.63, 3.8) is 0 Å². The van der Waals surface area contributed by atoms with E-state index in [1.54, 1.807) is 0 Å². The quantitative estimate of drug-likeness (QED) is 0.374. The van der Waals surface area contributed by atoms with E-state index >= 15 is 0 Å². The number of benzene rings is 1. The summed E-state index contributed by atoms with van der Waals surface area (Å²) in [6, 6.07) is 11.7. The van der Waals surface area contributed by atoms with Crippen LogP contribution in [0.15, 0.2) is 52.6 Å². The van der Waals surface area contributed by atoms with Crippen molar-refractivity contribution >= 4 is 40.8 Å². The van der Waals surface area contributed by atoms with Crippen LogP contribution in [0.3, 0.4) is 0 Å². The third kappa shape index (κ3) is 6.51. The number of nitrogens with one attached hydrogen (secondary N) is 3. The molecule has 34 heavy (non-hydrogen) atoms. The number of nitrogens with zero attached hydrogens (tertiary/aromatic N) is 3. The Kier molecular flexibility index (Phi) is 7.13. The summed E-state index contributed by atoms with van der Waals surface area (Å²) in [5, 5.41) is 6.87. The molecule has 1 aromatic carbocycles. The Labute approximate surface area is 204 Å². The van der Waals surface area contributed by atoms with Crippen LogP contribution in [0.25, 0.3) is 0 Å². The number of hydrogen-bond donors (Lipinski definition) is 3. The van der Waals surface area contributed by atoms with Crippen LogP contribution in [0.1, 0.15) is 39.7 Å². The molecule has 3 N–H and O–H groups in total. The molecule has 0 unspecified atom stereocenters. The van der Waals surface area contributed by atoms with Crippen molar-refractivity contribution in [2.24, 2.45) is 0 Å². The Bertz CT molecular complexity index is 1130. The summed E-state index contributed by atoms with van der Waals surface area (Å²) < 4.78 is 6.09. The van der Waals surface area contributed by atoms with Gasteiger partial charge >= 0.3 is 0 Å². The zero-order valence-corrected chi connectivity index (χ0v) is 21.1. The summed E-state index contributed by atoms with van der Waals surface area (Å²) >= 11 is 1.48. The average Bonchev–Trinajstić information content (AvgIpc) is 3.15. The molecule has 1 saturated heterocycles. The van der Waals surface area contributed by atoms with Gasteiger partial charge in [0.05, 0.1) is 11.7 Å². The third-order valence-corrected chi connectivity index (χ3v) is 6.02. The molecule has 180 valence electrons. The number of rotatable bonds is 8. The maximum atomic E-state index is 11.6. The van der Waals surface area contributed by atoms with Crippen LogP contribution in [0.2, 0.25) is 0 Å². The smallest absolute Gasteiger partial charge is 0.224 e. The van der Waals surface area contributed by atoms with Gasteiger partial charge in [0, 0.05) is 42.4 Å². The fraction of sp³-hybridized carbons (Fsp3) is 0.400. The minimum atomic E-state index is -0.162. The first kappa shape index (κ1) is 24.1. The fourth-order valence-electron chi connectivity index (χ4n) is 3.56. The van der Waals surface area contributed by atoms with Gasteiger partial charge < -0.3 is 25.3 Å². The van der Waals surface area contributed by atoms with Gasteiger partial charge in [-0.1, -0.05) is 6.92 Å². The molecule has 0 aliphatic carbocycles. The zero-order chi connectivity index (χ0) is 24.3. The van der Waals surface area contributed by atoms with E-state index in [9.17, 15) is 4.79 Å². The molecule has 1 amide bonds. The van der Waals surface area contributed by atoms with E-state index in [1.165, 1.54) is 11.8 Å². The Hall–Kier alpha value is -3.04. The van der Waals surface area contributed by atoms with Gasteiger partial charge in [-0.15, -0.1) is 0 Å². The van der Waals surface area contributed by atoms with E-state index in [-0.39, 0.29) is 17.6 Å². The lowest BCUT2D eigenvalue weighted by molar-refractivity contribution is -0.115. The summed E-state index contributed by atoms with van der Waals surface area (Å²) in [5.41, 5.74) is 1.76. The molecular weight excluding hydrogens is 448 g/mol. The second-order valence-corrected chi connectivity index (χ2v) is 10.4. The van der Waals surface area contributed by atoms with Gasteiger partial charge in [-0.2, -0.15) is 0 Å². The number of carbonyl (C=O) groups is 1. The van der Waals surface area contributed by atoms with Crippen molar-refractivity contribution in [2.45, 2.75) is 62.8 Å². The first-order valence-electron chi connectivity index (χ1n) is 11.5. The molecule has 0 bridgehead atoms. The second kappa shape index (κ2) is 10.1. The molecule has 3 heterocycles. The van der Waals surface area contributed by atoms with Crippen LogP contribution >= 0.6 is 11.8 Å². The summed E-state index contributed by atoms with van der Waals surface area (Å²) in [7, 11) is 0. The lowest BCUT2D eigenvalue weighted by Crippen LogP contribution is -2.54. The molecule has 2 aromatic heterocycles. The molecule has 1 aliphatic rings. The van der Waals surface area contributed by atoms with Crippen molar-refractivity contribution in [3.05, 3.63) is 48.2 Å². The van der Waals surface area contributed by atoms with Crippen LogP contribution in [0.4, 0.5) is 23.1 Å². The largest absolute Gasteiger partial charge is 0.369 e. The molecule has 0 saturated carbocycles. The summed E-state index contributed by atoms with van der Waals surface area (Å²) in [4.78, 5) is 27.6. The van der Waals surface area contributed by atoms with Crippen molar-refractivity contribution < 1.29 is 9.53 Å². The van der Waals surface area contributed by atoms with E-state index in [2.05, 4.69) is 41.3 Å². The Morgan fingerprint density at radius 1 is 1.21 bits per heavy atom. The number of hydrogen-bond acceptors (Lipinski definition) is 7. The van der Waals surface area contributed by atoms with Gasteiger partial charge in [0.2, 0.25) is 5.91 Å². The fourth-order valence-corrected chi connectivity index (χ4v) is 4.32. The first-order chi connectivity index (χ1) is 16.2. The van der Waals surface area contributed by atoms with E-state index in [1.807, 2.05) is 56.4 Å². The summed E-state index contributed by atoms with van der Waals surface area (Å²) in [5.74, 6) is 2.46. The number of aryl methyl sites for hydroxylation is 1. The SMILES string of the molecule is CCC(=O)Nc1ccc(Sc2nc(Nc3cc(C)c[nH]3)cc(N3CC(OC(C)(C)C)C3)n2)cc1. The van der Waals surface area contributed by atoms with Gasteiger partial charge in [-0.3, -0.25) is 4.79 Å². The Balaban J connectivity index is 1.52. The first-order valence-corrected chi connectivity index (χ1v) is 12.3. The van der Waals surface area contributed by atoms with Crippen molar-refractivity contribution in [2.75, 3.05) is 28.6 Å². The van der Waals surface area contributed by atoms with Gasteiger partial charge in [-0.05, 0) is 75.4 Å². The molecule has 1 fully saturated rings. The molecule has 9 heteroatoms. The number of carbonyl (C=O) groups excluding carboxylic acids is 1. The minimum Gasteiger partial charge on any atom is -0.369 e. The van der Waals surface area contributed by atoms with Crippen LogP contribution in [-0.4, -0.2) is 45.7 Å². The highest BCUT2D eigenvalue weighted by Gasteiger charge is 2.32. The number of H-pyrrole nitrogens is 1. The monoisotopic (exact) mass is 480 g/mol. The molecule has 0 radical (unpaired) electrons. The van der Waals surface area contributed by atoms with Gasteiger partial charge in [-0.25, -0.2) is 9.97 Å². The number of aromatic amines is 1. The van der Waals surface area contributed by atoms with Crippen LogP contribution < -0.4 is 15.5 Å². The van der Waals surface area contributed by atoms with Crippen LogP contribution in [-0.2, 0) is 9.53 Å². The summed E-state index contributed by atoms with van der Waals surface area (Å²) in [6.45, 7) is 11.7. The second-order valence-electron chi connectivity index (χ2n) is 9.40. The van der Waals surface area contributed by atoms with Crippen LogP contribution in [0.5, 0.6) is 0 Å². The number of ether oxygens (including phenoxy) is 1. The molecular formula is C25H32N6O2S. The van der Waals surface area contributed by atoms with E-state index in [0.29, 0.717) is 11.6 Å². The predicted octanol–water partition coefficient (Wildman–Crippen LogP) is 5.36. The van der Waals surface area contributed by atoms with Gasteiger partial charge in [0.25, 0.3) is 0 Å². The Morgan fingerprint density at radius 2 is 1.94 bits per heavy atom. The van der Waals surface area contributed by atoms with E-state index in [0.717, 1.165) is 46.7 Å². The number of anilines is 4. The van der Waals surface area contributed by atoms with Gasteiger partial charge in [0.1, 0.15) is 17.5 Å².